The monoisotopic (exact) mass is 350 g/mol. The van der Waals surface area contributed by atoms with E-state index in [9.17, 15) is 14.4 Å². The molecule has 1 aromatic heterocycles. The second-order valence-corrected chi connectivity index (χ2v) is 7.05. The number of aromatic nitrogens is 1. The molecule has 0 aliphatic rings. The van der Waals surface area contributed by atoms with Crippen molar-refractivity contribution in [2.45, 2.75) is 66.8 Å². The van der Waals surface area contributed by atoms with Crippen molar-refractivity contribution >= 4 is 17.7 Å². The summed E-state index contributed by atoms with van der Waals surface area (Å²) in [4.78, 5) is 38.5. The van der Waals surface area contributed by atoms with Crippen LogP contribution in [0.2, 0.25) is 0 Å². The zero-order chi connectivity index (χ0) is 19.1. The van der Waals surface area contributed by atoms with Gasteiger partial charge in [-0.3, -0.25) is 9.59 Å². The number of aryl methyl sites for hydroxylation is 1. The molecule has 1 rings (SSSR count). The largest absolute Gasteiger partial charge is 0.451 e. The van der Waals surface area contributed by atoms with Crippen molar-refractivity contribution in [3.8, 4) is 0 Å². The number of carbonyl (C=O) groups excluding carboxylic acids is 3. The summed E-state index contributed by atoms with van der Waals surface area (Å²) in [6, 6.07) is 0.0451. The smallest absolute Gasteiger partial charge is 0.355 e. The summed E-state index contributed by atoms with van der Waals surface area (Å²) in [6.45, 7) is 10.8. The first-order chi connectivity index (χ1) is 11.6. The van der Waals surface area contributed by atoms with E-state index in [2.05, 4.69) is 24.1 Å². The Bertz CT molecular complexity index is 632. The number of carbonyl (C=O) groups is 3. The predicted octanol–water partition coefficient (Wildman–Crippen LogP) is 3.32. The van der Waals surface area contributed by atoms with Crippen molar-refractivity contribution < 1.29 is 19.1 Å². The molecule has 0 spiro atoms. The molecule has 0 aliphatic heterocycles. The third-order valence-corrected chi connectivity index (χ3v) is 4.15. The molecule has 0 fully saturated rings. The van der Waals surface area contributed by atoms with Gasteiger partial charge < -0.3 is 15.0 Å². The number of hydrogen-bond acceptors (Lipinski definition) is 4. The minimum atomic E-state index is -0.629. The molecule has 6 heteroatoms. The minimum absolute atomic E-state index is 0.0451. The van der Waals surface area contributed by atoms with Crippen molar-refractivity contribution in [2.24, 2.45) is 5.92 Å². The Morgan fingerprint density at radius 1 is 1.12 bits per heavy atom. The Morgan fingerprint density at radius 2 is 1.76 bits per heavy atom. The van der Waals surface area contributed by atoms with E-state index in [-0.39, 0.29) is 30.0 Å². The van der Waals surface area contributed by atoms with Gasteiger partial charge in [0, 0.05) is 17.3 Å². The van der Waals surface area contributed by atoms with E-state index in [1.807, 2.05) is 6.92 Å². The fraction of sp³-hybridized carbons (Fsp3) is 0.632. The Kier molecular flexibility index (Phi) is 7.87. The number of ether oxygens (including phenoxy) is 1. The summed E-state index contributed by atoms with van der Waals surface area (Å²) in [7, 11) is 0. The van der Waals surface area contributed by atoms with Gasteiger partial charge in [0.25, 0.3) is 5.91 Å². The molecule has 1 aromatic rings. The molecule has 0 saturated heterocycles. The van der Waals surface area contributed by atoms with Crippen LogP contribution in [0.1, 0.15) is 79.1 Å². The second-order valence-electron chi connectivity index (χ2n) is 7.05. The maximum atomic E-state index is 12.1. The zero-order valence-corrected chi connectivity index (χ0v) is 16.1. The fourth-order valence-electron chi connectivity index (χ4n) is 2.91. The zero-order valence-electron chi connectivity index (χ0n) is 16.1. The van der Waals surface area contributed by atoms with Crippen LogP contribution in [0.25, 0.3) is 0 Å². The van der Waals surface area contributed by atoms with E-state index in [0.717, 1.165) is 19.3 Å². The summed E-state index contributed by atoms with van der Waals surface area (Å²) in [5.41, 5.74) is 1.90. The first-order valence-corrected chi connectivity index (χ1v) is 8.80. The van der Waals surface area contributed by atoms with Gasteiger partial charge in [-0.2, -0.15) is 0 Å². The van der Waals surface area contributed by atoms with Crippen LogP contribution in [-0.4, -0.2) is 35.3 Å². The van der Waals surface area contributed by atoms with Gasteiger partial charge >= 0.3 is 5.97 Å². The molecule has 2 N–H and O–H groups in total. The molecule has 0 aliphatic carbocycles. The average Bonchev–Trinajstić information content (AvgIpc) is 2.79. The van der Waals surface area contributed by atoms with E-state index in [1.165, 1.54) is 6.92 Å². The molecule has 0 unspecified atom stereocenters. The number of Topliss-reactive ketones (excluding diaryl/α,β-unsaturated/α-hetero) is 1. The second kappa shape index (κ2) is 9.39. The molecule has 0 radical (unpaired) electrons. The molecule has 6 nitrogen and oxygen atoms in total. The van der Waals surface area contributed by atoms with E-state index in [1.54, 1.807) is 13.8 Å². The summed E-state index contributed by atoms with van der Waals surface area (Å²) in [6.07, 6.45) is 3.07. The topological polar surface area (TPSA) is 88.3 Å². The lowest BCUT2D eigenvalue weighted by atomic mass is 10.0. The van der Waals surface area contributed by atoms with Crippen LogP contribution in [0.4, 0.5) is 0 Å². The number of esters is 1. The Labute approximate surface area is 149 Å². The Hall–Kier alpha value is -2.11. The normalized spacial score (nSPS) is 12.1. The van der Waals surface area contributed by atoms with Crippen molar-refractivity contribution in [1.82, 2.24) is 10.3 Å². The predicted molar refractivity (Wildman–Crippen MR) is 96.8 cm³/mol. The third kappa shape index (κ3) is 6.36. The number of nitrogens with one attached hydrogen (secondary N) is 2. The van der Waals surface area contributed by atoms with Gasteiger partial charge in [0.05, 0.1) is 0 Å². The van der Waals surface area contributed by atoms with E-state index >= 15 is 0 Å². The maximum absolute atomic E-state index is 12.1. The summed E-state index contributed by atoms with van der Waals surface area (Å²) in [5.74, 6) is -0.414. The number of H-pyrrole nitrogens is 1. The van der Waals surface area contributed by atoms with E-state index in [4.69, 9.17) is 4.74 Å². The minimum Gasteiger partial charge on any atom is -0.451 e. The first-order valence-electron chi connectivity index (χ1n) is 8.80. The van der Waals surface area contributed by atoms with Crippen molar-refractivity contribution in [3.05, 3.63) is 22.5 Å². The number of aromatic amines is 1. The molecule has 0 bridgehead atoms. The molecule has 25 heavy (non-hydrogen) atoms. The van der Waals surface area contributed by atoms with Crippen LogP contribution in [0.5, 0.6) is 0 Å². The summed E-state index contributed by atoms with van der Waals surface area (Å²) >= 11 is 0. The summed E-state index contributed by atoms with van der Waals surface area (Å²) < 4.78 is 5.07. The number of ketones is 1. The molecular weight excluding hydrogens is 320 g/mol. The number of hydrogen-bond donors (Lipinski definition) is 2. The van der Waals surface area contributed by atoms with Gasteiger partial charge in [-0.25, -0.2) is 4.79 Å². The third-order valence-electron chi connectivity index (χ3n) is 4.15. The maximum Gasteiger partial charge on any atom is 0.355 e. The molecular formula is C19H30N2O4. The van der Waals surface area contributed by atoms with Crippen LogP contribution < -0.4 is 5.32 Å². The lowest BCUT2D eigenvalue weighted by Crippen LogP contribution is -2.35. The molecule has 1 atom stereocenters. The lowest BCUT2D eigenvalue weighted by Gasteiger charge is -2.14. The van der Waals surface area contributed by atoms with Gasteiger partial charge in [0.2, 0.25) is 0 Å². The SMILES string of the molecule is CC(=O)c1c(C)[nH]c(C(=O)OCC(=O)N[C@H](C)CCCC(C)C)c1C. The van der Waals surface area contributed by atoms with Crippen LogP contribution in [-0.2, 0) is 9.53 Å². The quantitative estimate of drug-likeness (QED) is 0.528. The van der Waals surface area contributed by atoms with Crippen LogP contribution in [0.3, 0.4) is 0 Å². The van der Waals surface area contributed by atoms with Gasteiger partial charge in [-0.15, -0.1) is 0 Å². The molecule has 140 valence electrons. The van der Waals surface area contributed by atoms with Crippen molar-refractivity contribution in [1.29, 1.82) is 0 Å². The molecule has 1 amide bonds. The average molecular weight is 350 g/mol. The number of rotatable bonds is 9. The van der Waals surface area contributed by atoms with Gasteiger partial charge in [-0.1, -0.05) is 26.7 Å². The van der Waals surface area contributed by atoms with E-state index < -0.39 is 5.97 Å². The number of amides is 1. The Balaban J connectivity index is 2.50. The highest BCUT2D eigenvalue weighted by Gasteiger charge is 2.21. The lowest BCUT2D eigenvalue weighted by molar-refractivity contribution is -0.124. The van der Waals surface area contributed by atoms with Crippen LogP contribution in [0.15, 0.2) is 0 Å². The molecule has 0 aromatic carbocycles. The fourth-order valence-corrected chi connectivity index (χ4v) is 2.91. The van der Waals surface area contributed by atoms with Crippen LogP contribution >= 0.6 is 0 Å². The highest BCUT2D eigenvalue weighted by atomic mass is 16.5. The van der Waals surface area contributed by atoms with Gasteiger partial charge in [0.15, 0.2) is 12.4 Å². The standard InChI is InChI=1S/C19H30N2O4/c1-11(2)8-7-9-12(3)20-16(23)10-25-19(24)18-13(4)17(15(6)22)14(5)21-18/h11-12,21H,7-10H2,1-6H3,(H,20,23)/t12-/m1/s1. The first kappa shape index (κ1) is 20.9. The van der Waals surface area contributed by atoms with Crippen LogP contribution in [0, 0.1) is 19.8 Å². The van der Waals surface area contributed by atoms with Crippen molar-refractivity contribution in [3.63, 3.8) is 0 Å². The molecule has 0 saturated carbocycles. The van der Waals surface area contributed by atoms with Crippen molar-refractivity contribution in [2.75, 3.05) is 6.61 Å². The van der Waals surface area contributed by atoms with Gasteiger partial charge in [-0.05, 0) is 45.6 Å². The highest BCUT2D eigenvalue weighted by molar-refractivity contribution is 6.01. The summed E-state index contributed by atoms with van der Waals surface area (Å²) in [5, 5.41) is 2.83. The van der Waals surface area contributed by atoms with Gasteiger partial charge in [0.1, 0.15) is 5.69 Å². The van der Waals surface area contributed by atoms with E-state index in [0.29, 0.717) is 22.7 Å². The molecule has 1 heterocycles. The highest BCUT2D eigenvalue weighted by Crippen LogP contribution is 2.19. The Morgan fingerprint density at radius 3 is 2.28 bits per heavy atom.